The van der Waals surface area contributed by atoms with Gasteiger partial charge in [-0.2, -0.15) is 0 Å². The number of esters is 1. The zero-order chi connectivity index (χ0) is 20.2. The van der Waals surface area contributed by atoms with E-state index in [9.17, 15) is 14.4 Å². The average molecular weight is 387 g/mol. The Bertz CT molecular complexity index is 1030. The molecule has 0 spiro atoms. The predicted molar refractivity (Wildman–Crippen MR) is 105 cm³/mol. The number of imide groups is 1. The topological polar surface area (TPSA) is 72.9 Å². The lowest BCUT2D eigenvalue weighted by molar-refractivity contribution is -0.134. The fourth-order valence-electron chi connectivity index (χ4n) is 3.03. The summed E-state index contributed by atoms with van der Waals surface area (Å²) < 4.78 is 11.0. The number of amides is 2. The number of nitrogens with zero attached hydrogens (tertiary/aromatic N) is 1. The third kappa shape index (κ3) is 4.01. The highest BCUT2D eigenvalue weighted by molar-refractivity contribution is 6.21. The van der Waals surface area contributed by atoms with Gasteiger partial charge in [0.2, 0.25) is 0 Å². The van der Waals surface area contributed by atoms with Crippen LogP contribution >= 0.6 is 0 Å². The number of carbonyl (C=O) groups is 3. The van der Waals surface area contributed by atoms with Crippen molar-refractivity contribution in [3.63, 3.8) is 0 Å². The largest absolute Gasteiger partial charge is 0.457 e. The summed E-state index contributed by atoms with van der Waals surface area (Å²) in [5.41, 5.74) is 0.722. The van der Waals surface area contributed by atoms with Crippen LogP contribution in [0.5, 0.6) is 17.2 Å². The van der Waals surface area contributed by atoms with Crippen LogP contribution in [-0.2, 0) is 4.79 Å². The van der Waals surface area contributed by atoms with Gasteiger partial charge in [-0.15, -0.1) is 0 Å². The van der Waals surface area contributed by atoms with Crippen LogP contribution in [0.1, 0.15) is 27.1 Å². The van der Waals surface area contributed by atoms with Gasteiger partial charge in [-0.05, 0) is 48.5 Å². The Hall–Kier alpha value is -3.93. The van der Waals surface area contributed by atoms with Gasteiger partial charge in [0.1, 0.15) is 17.2 Å². The lowest BCUT2D eigenvalue weighted by atomic mass is 10.1. The molecule has 29 heavy (non-hydrogen) atoms. The number of carbonyl (C=O) groups excluding carboxylic acids is 3. The van der Waals surface area contributed by atoms with Crippen molar-refractivity contribution in [3.05, 3.63) is 90.0 Å². The number of hydrogen-bond donors (Lipinski definition) is 0. The molecule has 1 heterocycles. The molecule has 0 N–H and O–H groups in total. The summed E-state index contributed by atoms with van der Waals surface area (Å²) in [6, 6.07) is 22.6. The minimum Gasteiger partial charge on any atom is -0.457 e. The first-order valence-corrected chi connectivity index (χ1v) is 9.11. The third-order valence-corrected chi connectivity index (χ3v) is 4.45. The molecule has 3 aromatic carbocycles. The van der Waals surface area contributed by atoms with Crippen molar-refractivity contribution in [1.29, 1.82) is 0 Å². The summed E-state index contributed by atoms with van der Waals surface area (Å²) in [5.74, 6) is 0.373. The molecule has 0 fully saturated rings. The third-order valence-electron chi connectivity index (χ3n) is 4.45. The Labute approximate surface area is 167 Å². The lowest BCUT2D eigenvalue weighted by Crippen LogP contribution is -2.32. The molecule has 0 aromatic heterocycles. The number of ether oxygens (including phenoxy) is 2. The lowest BCUT2D eigenvalue weighted by Gasteiger charge is -2.13. The summed E-state index contributed by atoms with van der Waals surface area (Å²) in [4.78, 5) is 37.8. The van der Waals surface area contributed by atoms with Gasteiger partial charge < -0.3 is 9.47 Å². The summed E-state index contributed by atoms with van der Waals surface area (Å²) >= 11 is 0. The van der Waals surface area contributed by atoms with E-state index < -0.39 is 5.97 Å². The molecule has 0 saturated heterocycles. The number of para-hydroxylation sites is 1. The molecule has 0 atom stereocenters. The van der Waals surface area contributed by atoms with Crippen molar-refractivity contribution >= 4 is 17.8 Å². The highest BCUT2D eigenvalue weighted by atomic mass is 16.5. The van der Waals surface area contributed by atoms with Gasteiger partial charge in [-0.25, -0.2) is 0 Å². The van der Waals surface area contributed by atoms with Gasteiger partial charge >= 0.3 is 5.97 Å². The Balaban J connectivity index is 1.31. The molecule has 0 aliphatic carbocycles. The van der Waals surface area contributed by atoms with E-state index in [1.165, 1.54) is 0 Å². The fourth-order valence-corrected chi connectivity index (χ4v) is 3.03. The second-order valence-corrected chi connectivity index (χ2v) is 6.42. The molecule has 2 amide bonds. The molecular weight excluding hydrogens is 370 g/mol. The van der Waals surface area contributed by atoms with Crippen molar-refractivity contribution < 1.29 is 23.9 Å². The van der Waals surface area contributed by atoms with Crippen LogP contribution in [0.15, 0.2) is 78.9 Å². The van der Waals surface area contributed by atoms with Crippen LogP contribution in [0.3, 0.4) is 0 Å². The summed E-state index contributed by atoms with van der Waals surface area (Å²) in [7, 11) is 0. The van der Waals surface area contributed by atoms with E-state index >= 15 is 0 Å². The minimum atomic E-state index is -0.529. The molecule has 0 radical (unpaired) electrons. The van der Waals surface area contributed by atoms with E-state index in [2.05, 4.69) is 0 Å². The summed E-state index contributed by atoms with van der Waals surface area (Å²) in [6.45, 7) is -0.0274. The van der Waals surface area contributed by atoms with Gasteiger partial charge in [0.25, 0.3) is 11.8 Å². The molecule has 6 heteroatoms. The van der Waals surface area contributed by atoms with Gasteiger partial charge in [0.05, 0.1) is 17.5 Å². The summed E-state index contributed by atoms with van der Waals surface area (Å²) in [5, 5.41) is 0. The minimum absolute atomic E-state index is 0.0274. The maximum atomic E-state index is 12.3. The Kier molecular flexibility index (Phi) is 5.07. The first-order chi connectivity index (χ1) is 14.1. The number of rotatable bonds is 6. The smallest absolute Gasteiger partial charge is 0.312 e. The van der Waals surface area contributed by atoms with Crippen LogP contribution in [0.25, 0.3) is 0 Å². The summed E-state index contributed by atoms with van der Waals surface area (Å²) in [6.07, 6.45) is -0.0895. The Morgan fingerprint density at radius 2 is 1.21 bits per heavy atom. The monoisotopic (exact) mass is 387 g/mol. The Morgan fingerprint density at radius 1 is 0.690 bits per heavy atom. The van der Waals surface area contributed by atoms with Crippen molar-refractivity contribution in [1.82, 2.24) is 4.90 Å². The van der Waals surface area contributed by atoms with Gasteiger partial charge in [-0.1, -0.05) is 30.3 Å². The highest BCUT2D eigenvalue weighted by Crippen LogP contribution is 2.25. The molecule has 0 unspecified atom stereocenters. The van der Waals surface area contributed by atoms with Crippen LogP contribution in [0, 0.1) is 0 Å². The molecular formula is C23H17NO5. The van der Waals surface area contributed by atoms with Crippen molar-refractivity contribution in [2.45, 2.75) is 6.42 Å². The van der Waals surface area contributed by atoms with Gasteiger partial charge in [-0.3, -0.25) is 19.3 Å². The van der Waals surface area contributed by atoms with E-state index in [0.29, 0.717) is 28.4 Å². The quantitative estimate of drug-likeness (QED) is 0.362. The zero-order valence-corrected chi connectivity index (χ0v) is 15.4. The van der Waals surface area contributed by atoms with Gasteiger partial charge in [0, 0.05) is 6.54 Å². The molecule has 0 saturated carbocycles. The Morgan fingerprint density at radius 3 is 1.83 bits per heavy atom. The SMILES string of the molecule is O=C(CCN1C(=O)c2ccccc2C1=O)Oc1ccc(Oc2ccccc2)cc1. The van der Waals surface area contributed by atoms with Crippen LogP contribution < -0.4 is 9.47 Å². The first kappa shape index (κ1) is 18.4. The van der Waals surface area contributed by atoms with E-state index in [1.807, 2.05) is 30.3 Å². The molecule has 144 valence electrons. The second kappa shape index (κ2) is 7.98. The first-order valence-electron chi connectivity index (χ1n) is 9.11. The van der Waals surface area contributed by atoms with E-state index in [4.69, 9.17) is 9.47 Å². The number of hydrogen-bond acceptors (Lipinski definition) is 5. The average Bonchev–Trinajstić information content (AvgIpc) is 2.99. The number of benzene rings is 3. The fraction of sp³-hybridized carbons (Fsp3) is 0.0870. The zero-order valence-electron chi connectivity index (χ0n) is 15.4. The van der Waals surface area contributed by atoms with Crippen LogP contribution in [-0.4, -0.2) is 29.2 Å². The van der Waals surface area contributed by atoms with E-state index in [0.717, 1.165) is 4.90 Å². The van der Waals surface area contributed by atoms with Gasteiger partial charge in [0.15, 0.2) is 0 Å². The van der Waals surface area contributed by atoms with E-state index in [1.54, 1.807) is 48.5 Å². The molecule has 4 rings (SSSR count). The number of fused-ring (bicyclic) bond motifs is 1. The highest BCUT2D eigenvalue weighted by Gasteiger charge is 2.35. The van der Waals surface area contributed by atoms with Crippen molar-refractivity contribution in [2.75, 3.05) is 6.54 Å². The maximum Gasteiger partial charge on any atom is 0.312 e. The molecule has 1 aliphatic heterocycles. The maximum absolute atomic E-state index is 12.3. The standard InChI is InChI=1S/C23H17NO5/c25-21(14-15-24-22(26)19-8-4-5-9-20(19)23(24)27)29-18-12-10-17(11-13-18)28-16-6-2-1-3-7-16/h1-13H,14-15H2. The van der Waals surface area contributed by atoms with E-state index in [-0.39, 0.29) is 24.8 Å². The van der Waals surface area contributed by atoms with Crippen molar-refractivity contribution in [2.24, 2.45) is 0 Å². The van der Waals surface area contributed by atoms with Crippen molar-refractivity contribution in [3.8, 4) is 17.2 Å². The normalized spacial score (nSPS) is 12.6. The predicted octanol–water partition coefficient (Wildman–Crippen LogP) is 4.07. The molecule has 0 bridgehead atoms. The molecule has 3 aromatic rings. The van der Waals surface area contributed by atoms with Crippen LogP contribution in [0.2, 0.25) is 0 Å². The molecule has 1 aliphatic rings. The second-order valence-electron chi connectivity index (χ2n) is 6.42. The molecule has 6 nitrogen and oxygen atoms in total. The van der Waals surface area contributed by atoms with Crippen LogP contribution in [0.4, 0.5) is 0 Å².